The molecule has 0 heterocycles. The molecule has 0 bridgehead atoms. The van der Waals surface area contributed by atoms with E-state index in [1.807, 2.05) is 0 Å². The van der Waals surface area contributed by atoms with Crippen molar-refractivity contribution in [3.8, 4) is 36.4 Å². The summed E-state index contributed by atoms with van der Waals surface area (Å²) in [6.07, 6.45) is -10.8. The topological polar surface area (TPSA) is 143 Å². The number of hydrogen-bond acceptors (Lipinski definition) is 6. The molecule has 0 radical (unpaired) electrons. The Kier molecular flexibility index (Phi) is 6.65. The van der Waals surface area contributed by atoms with Crippen LogP contribution in [0.1, 0.15) is 33.4 Å². The monoisotopic (exact) mass is 466 g/mol. The van der Waals surface area contributed by atoms with Crippen LogP contribution in [0.2, 0.25) is 0 Å². The van der Waals surface area contributed by atoms with Gasteiger partial charge in [0, 0.05) is 10.4 Å². The zero-order chi connectivity index (χ0) is 25.8. The molecule has 0 fully saturated rings. The Hall–Kier alpha value is -5.30. The minimum atomic E-state index is -5.40. The maximum atomic E-state index is 13.5. The molecule has 0 saturated carbocycles. The van der Waals surface area contributed by atoms with Crippen LogP contribution >= 0.6 is 0 Å². The van der Waals surface area contributed by atoms with E-state index in [4.69, 9.17) is 15.8 Å². The Morgan fingerprint density at radius 3 is 1.35 bits per heavy atom. The molecule has 34 heavy (non-hydrogen) atoms. The molecule has 0 unspecified atom stereocenters. The first-order valence-corrected chi connectivity index (χ1v) is 8.54. The van der Waals surface area contributed by atoms with Gasteiger partial charge in [0.05, 0.1) is 33.4 Å². The standard InChI is InChI=1S/C22H4F6N6/c23-21(24,25)19-3-11(4-20(18(19)10-34)22(26,27)28)15(7-31)14-2-1-13(12(5-29)6-30)16(8-32)17(14)9-33/h1-4H/b15-14+. The fraction of sp³-hybridized carbons (Fsp3) is 0.0909. The fourth-order valence-electron chi connectivity index (χ4n) is 3.03. The van der Waals surface area contributed by atoms with Crippen LogP contribution in [-0.4, -0.2) is 0 Å². The molecule has 0 atom stereocenters. The van der Waals surface area contributed by atoms with E-state index in [0.717, 1.165) is 18.2 Å². The van der Waals surface area contributed by atoms with Crippen molar-refractivity contribution < 1.29 is 26.3 Å². The van der Waals surface area contributed by atoms with Gasteiger partial charge in [-0.25, -0.2) is 0 Å². The Labute approximate surface area is 186 Å². The van der Waals surface area contributed by atoms with Crippen molar-refractivity contribution in [1.29, 1.82) is 31.6 Å². The molecule has 2 aromatic carbocycles. The van der Waals surface area contributed by atoms with Crippen LogP contribution in [-0.2, 0) is 12.4 Å². The normalized spacial score (nSPS) is 11.5. The number of alkyl halides is 6. The first kappa shape index (κ1) is 25.0. The van der Waals surface area contributed by atoms with Crippen molar-refractivity contribution in [2.24, 2.45) is 0 Å². The maximum Gasteiger partial charge on any atom is 0.417 e. The van der Waals surface area contributed by atoms with Gasteiger partial charge in [-0.15, -0.1) is 0 Å². The van der Waals surface area contributed by atoms with Crippen molar-refractivity contribution in [2.75, 3.05) is 0 Å². The third kappa shape index (κ3) is 4.35. The smallest absolute Gasteiger partial charge is 0.192 e. The zero-order valence-corrected chi connectivity index (χ0v) is 16.3. The number of nitrogens with zero attached hydrogens (tertiary/aromatic N) is 6. The Morgan fingerprint density at radius 2 is 1.00 bits per heavy atom. The van der Waals surface area contributed by atoms with Crippen LogP contribution in [0.3, 0.4) is 0 Å². The third-order valence-electron chi connectivity index (χ3n) is 4.45. The Balaban J connectivity index is 3.25. The van der Waals surface area contributed by atoms with Gasteiger partial charge in [0.15, 0.2) is 0 Å². The molecule has 2 rings (SSSR count). The van der Waals surface area contributed by atoms with Gasteiger partial charge in [0.2, 0.25) is 0 Å². The second-order valence-electron chi connectivity index (χ2n) is 6.27. The molecular formula is C22H4F6N6. The number of rotatable bonds is 1. The first-order chi connectivity index (χ1) is 15.9. The quantitative estimate of drug-likeness (QED) is 0.591. The largest absolute Gasteiger partial charge is 0.417 e. The van der Waals surface area contributed by atoms with Crippen LogP contribution in [0, 0.1) is 68.0 Å². The van der Waals surface area contributed by atoms with Crippen molar-refractivity contribution >= 4 is 11.1 Å². The molecule has 2 aromatic rings. The fourth-order valence-corrected chi connectivity index (χ4v) is 3.03. The van der Waals surface area contributed by atoms with Crippen molar-refractivity contribution in [1.82, 2.24) is 0 Å². The molecule has 164 valence electrons. The highest BCUT2D eigenvalue weighted by Gasteiger charge is 2.42. The molecular weight excluding hydrogens is 462 g/mol. The summed E-state index contributed by atoms with van der Waals surface area (Å²) in [6, 6.07) is 10.6. The highest BCUT2D eigenvalue weighted by atomic mass is 19.4. The highest BCUT2D eigenvalue weighted by Crippen LogP contribution is 2.40. The molecule has 0 aliphatic rings. The van der Waals surface area contributed by atoms with Gasteiger partial charge in [0.25, 0.3) is 0 Å². The number of nitriles is 6. The van der Waals surface area contributed by atoms with Gasteiger partial charge >= 0.3 is 12.4 Å². The van der Waals surface area contributed by atoms with E-state index in [1.54, 1.807) is 6.07 Å². The maximum absolute atomic E-state index is 13.5. The minimum absolute atomic E-state index is 0.162. The summed E-state index contributed by atoms with van der Waals surface area (Å²) in [5.41, 5.74) is -9.17. The van der Waals surface area contributed by atoms with E-state index in [2.05, 4.69) is 0 Å². The summed E-state index contributed by atoms with van der Waals surface area (Å²) in [4.78, 5) is 0. The third-order valence-corrected chi connectivity index (χ3v) is 4.45. The summed E-state index contributed by atoms with van der Waals surface area (Å²) >= 11 is 0. The molecule has 6 nitrogen and oxygen atoms in total. The lowest BCUT2D eigenvalue weighted by atomic mass is 9.91. The lowest BCUT2D eigenvalue weighted by Gasteiger charge is -2.16. The number of hydrogen-bond donors (Lipinski definition) is 0. The van der Waals surface area contributed by atoms with Crippen LogP contribution in [0.25, 0.3) is 11.1 Å². The van der Waals surface area contributed by atoms with Crippen LogP contribution < -0.4 is 10.4 Å². The van der Waals surface area contributed by atoms with Crippen molar-refractivity contribution in [3.05, 3.63) is 68.1 Å². The number of benzene rings is 2. The first-order valence-electron chi connectivity index (χ1n) is 8.54. The van der Waals surface area contributed by atoms with E-state index >= 15 is 0 Å². The number of halogens is 6. The van der Waals surface area contributed by atoms with E-state index in [0.29, 0.717) is 0 Å². The molecule has 0 saturated heterocycles. The van der Waals surface area contributed by atoms with Gasteiger partial charge in [-0.2, -0.15) is 57.9 Å². The Morgan fingerprint density at radius 1 is 0.588 bits per heavy atom. The second kappa shape index (κ2) is 9.05. The van der Waals surface area contributed by atoms with Crippen LogP contribution in [0.5, 0.6) is 0 Å². The minimum Gasteiger partial charge on any atom is -0.192 e. The van der Waals surface area contributed by atoms with E-state index in [9.17, 15) is 42.1 Å². The average molecular weight is 466 g/mol. The average Bonchev–Trinajstić information content (AvgIpc) is 2.78. The SMILES string of the molecule is N#CC(C#N)=c1cc/c(=C(/C#N)c2cc(C(F)(F)F)c(C#N)c(C(F)(F)F)c2)c(C#N)c1C#N. The van der Waals surface area contributed by atoms with Gasteiger partial charge in [-0.1, -0.05) is 12.1 Å². The predicted molar refractivity (Wildman–Crippen MR) is 99.0 cm³/mol. The molecule has 0 aromatic heterocycles. The summed E-state index contributed by atoms with van der Waals surface area (Å²) in [5, 5.41) is 54.7. The van der Waals surface area contributed by atoms with Gasteiger partial charge < -0.3 is 0 Å². The lowest BCUT2D eigenvalue weighted by Crippen LogP contribution is -2.23. The van der Waals surface area contributed by atoms with Crippen molar-refractivity contribution in [3.63, 3.8) is 0 Å². The summed E-state index contributed by atoms with van der Waals surface area (Å²) in [7, 11) is 0. The van der Waals surface area contributed by atoms with Crippen molar-refractivity contribution in [2.45, 2.75) is 12.4 Å². The van der Waals surface area contributed by atoms with Crippen LogP contribution in [0.15, 0.2) is 24.3 Å². The van der Waals surface area contributed by atoms with E-state index < -0.39 is 62.1 Å². The zero-order valence-electron chi connectivity index (χ0n) is 16.3. The van der Waals surface area contributed by atoms with Gasteiger partial charge in [-0.3, -0.25) is 0 Å². The second-order valence-corrected chi connectivity index (χ2v) is 6.27. The van der Waals surface area contributed by atoms with Gasteiger partial charge in [-0.05, 0) is 17.7 Å². The predicted octanol–water partition coefficient (Wildman–Crippen LogP) is 3.26. The molecule has 0 aliphatic carbocycles. The van der Waals surface area contributed by atoms with Gasteiger partial charge in [0.1, 0.15) is 42.0 Å². The molecule has 0 spiro atoms. The lowest BCUT2D eigenvalue weighted by molar-refractivity contribution is -0.143. The highest BCUT2D eigenvalue weighted by molar-refractivity contribution is 5.81. The Bertz CT molecular complexity index is 1540. The summed E-state index contributed by atoms with van der Waals surface area (Å²) in [6.45, 7) is 0. The van der Waals surface area contributed by atoms with E-state index in [1.165, 1.54) is 24.3 Å². The molecule has 0 amide bonds. The summed E-state index contributed by atoms with van der Waals surface area (Å²) < 4.78 is 80.8. The molecule has 12 heteroatoms. The van der Waals surface area contributed by atoms with Crippen LogP contribution in [0.4, 0.5) is 26.3 Å². The molecule has 0 N–H and O–H groups in total. The summed E-state index contributed by atoms with van der Waals surface area (Å²) in [5.74, 6) is 0. The molecule has 0 aliphatic heterocycles. The van der Waals surface area contributed by atoms with E-state index in [-0.39, 0.29) is 17.4 Å².